The monoisotopic (exact) mass is 285 g/mol. The van der Waals surface area contributed by atoms with E-state index in [2.05, 4.69) is 18.5 Å². The molecule has 0 aromatic carbocycles. The highest BCUT2D eigenvalue weighted by molar-refractivity contribution is 5.87. The standard InChI is InChI=1S/C13H19NO6/c1-8(2)11(15)18-6-10(20-13(17)14-5)7-19-12(16)9(3)4/h10H,1,3,6-7H2,2,4-5H3,(H,14,17). The Morgan fingerprint density at radius 3 is 1.70 bits per heavy atom. The number of alkyl carbamates (subject to hydrolysis) is 1. The Kier molecular flexibility index (Phi) is 7.72. The van der Waals surface area contributed by atoms with Crippen molar-refractivity contribution in [2.24, 2.45) is 0 Å². The number of nitrogens with one attached hydrogen (secondary N) is 1. The molecule has 112 valence electrons. The summed E-state index contributed by atoms with van der Waals surface area (Å²) in [6, 6.07) is 0. The first-order valence-corrected chi connectivity index (χ1v) is 5.81. The summed E-state index contributed by atoms with van der Waals surface area (Å²) in [5.41, 5.74) is 0.422. The van der Waals surface area contributed by atoms with E-state index in [1.54, 1.807) is 0 Å². The maximum atomic E-state index is 11.2. The molecule has 0 fully saturated rings. The fraction of sp³-hybridized carbons (Fsp3) is 0.462. The fourth-order valence-corrected chi connectivity index (χ4v) is 0.910. The highest BCUT2D eigenvalue weighted by atomic mass is 16.6. The fourth-order valence-electron chi connectivity index (χ4n) is 0.910. The van der Waals surface area contributed by atoms with Gasteiger partial charge in [-0.25, -0.2) is 14.4 Å². The number of rotatable bonds is 7. The van der Waals surface area contributed by atoms with Gasteiger partial charge in [0.2, 0.25) is 0 Å². The van der Waals surface area contributed by atoms with Gasteiger partial charge in [0.05, 0.1) is 0 Å². The van der Waals surface area contributed by atoms with E-state index in [1.807, 2.05) is 0 Å². The molecule has 0 spiro atoms. The summed E-state index contributed by atoms with van der Waals surface area (Å²) >= 11 is 0. The van der Waals surface area contributed by atoms with E-state index in [9.17, 15) is 14.4 Å². The first-order valence-electron chi connectivity index (χ1n) is 5.81. The number of esters is 2. The van der Waals surface area contributed by atoms with Crippen LogP contribution in [0.2, 0.25) is 0 Å². The van der Waals surface area contributed by atoms with Crippen LogP contribution in [0.4, 0.5) is 4.79 Å². The summed E-state index contributed by atoms with van der Waals surface area (Å²) in [6.07, 6.45) is -1.64. The maximum absolute atomic E-state index is 11.2. The van der Waals surface area contributed by atoms with Crippen molar-refractivity contribution in [3.8, 4) is 0 Å². The molecule has 0 bridgehead atoms. The molecule has 0 radical (unpaired) electrons. The third kappa shape index (κ3) is 7.20. The number of carbonyl (C=O) groups excluding carboxylic acids is 3. The van der Waals surface area contributed by atoms with Crippen LogP contribution < -0.4 is 5.32 Å². The molecular formula is C13H19NO6. The Morgan fingerprint density at radius 2 is 1.40 bits per heavy atom. The summed E-state index contributed by atoms with van der Waals surface area (Å²) in [5, 5.41) is 2.24. The summed E-state index contributed by atoms with van der Waals surface area (Å²) in [5.74, 6) is -1.25. The number of ether oxygens (including phenoxy) is 3. The zero-order chi connectivity index (χ0) is 15.7. The molecule has 0 rings (SSSR count). The van der Waals surface area contributed by atoms with Gasteiger partial charge >= 0.3 is 18.0 Å². The van der Waals surface area contributed by atoms with Crippen LogP contribution in [0.5, 0.6) is 0 Å². The van der Waals surface area contributed by atoms with Crippen molar-refractivity contribution >= 4 is 18.0 Å². The summed E-state index contributed by atoms with van der Waals surface area (Å²) in [7, 11) is 1.37. The number of carbonyl (C=O) groups is 3. The summed E-state index contributed by atoms with van der Waals surface area (Å²) in [4.78, 5) is 33.6. The zero-order valence-corrected chi connectivity index (χ0v) is 11.9. The molecule has 0 aliphatic rings. The van der Waals surface area contributed by atoms with Crippen LogP contribution in [0.15, 0.2) is 24.3 Å². The molecule has 1 amide bonds. The lowest BCUT2D eigenvalue weighted by molar-refractivity contribution is -0.147. The zero-order valence-electron chi connectivity index (χ0n) is 11.9. The summed E-state index contributed by atoms with van der Waals surface area (Å²) in [6.45, 7) is 9.31. The van der Waals surface area contributed by atoms with Crippen LogP contribution in [0.1, 0.15) is 13.8 Å². The Balaban J connectivity index is 4.44. The number of hydrogen-bond acceptors (Lipinski definition) is 6. The van der Waals surface area contributed by atoms with Crippen molar-refractivity contribution in [2.45, 2.75) is 20.0 Å². The van der Waals surface area contributed by atoms with Crippen molar-refractivity contribution in [3.63, 3.8) is 0 Å². The van der Waals surface area contributed by atoms with Gasteiger partial charge in [0, 0.05) is 18.2 Å². The quantitative estimate of drug-likeness (QED) is 0.425. The minimum atomic E-state index is -0.915. The first-order chi connectivity index (χ1) is 9.27. The van der Waals surface area contributed by atoms with Gasteiger partial charge in [0.15, 0.2) is 6.10 Å². The van der Waals surface area contributed by atoms with E-state index in [4.69, 9.17) is 14.2 Å². The van der Waals surface area contributed by atoms with E-state index >= 15 is 0 Å². The average molecular weight is 285 g/mol. The minimum Gasteiger partial charge on any atom is -0.458 e. The van der Waals surface area contributed by atoms with Crippen molar-refractivity contribution in [1.29, 1.82) is 0 Å². The molecule has 0 aliphatic carbocycles. The molecule has 0 saturated carbocycles. The van der Waals surface area contributed by atoms with Gasteiger partial charge < -0.3 is 19.5 Å². The smallest absolute Gasteiger partial charge is 0.407 e. The third-order valence-corrected chi connectivity index (χ3v) is 1.98. The van der Waals surface area contributed by atoms with Gasteiger partial charge in [0.25, 0.3) is 0 Å². The molecule has 0 unspecified atom stereocenters. The highest BCUT2D eigenvalue weighted by Crippen LogP contribution is 2.01. The largest absolute Gasteiger partial charge is 0.458 e. The lowest BCUT2D eigenvalue weighted by Gasteiger charge is -2.17. The van der Waals surface area contributed by atoms with Crippen molar-refractivity contribution in [1.82, 2.24) is 5.32 Å². The average Bonchev–Trinajstić information content (AvgIpc) is 2.40. The van der Waals surface area contributed by atoms with E-state index in [0.717, 1.165) is 0 Å². The first kappa shape index (κ1) is 17.7. The normalized spacial score (nSPS) is 9.60. The number of amides is 1. The minimum absolute atomic E-state index is 0.211. The second kappa shape index (κ2) is 8.73. The van der Waals surface area contributed by atoms with Gasteiger partial charge in [-0.1, -0.05) is 13.2 Å². The molecule has 0 heterocycles. The van der Waals surface area contributed by atoms with Gasteiger partial charge in [0.1, 0.15) is 13.2 Å². The van der Waals surface area contributed by atoms with Gasteiger partial charge in [-0.3, -0.25) is 0 Å². The molecule has 0 saturated heterocycles. The van der Waals surface area contributed by atoms with Crippen molar-refractivity contribution in [2.75, 3.05) is 20.3 Å². The predicted molar refractivity (Wildman–Crippen MR) is 70.9 cm³/mol. The Bertz CT molecular complexity index is 385. The van der Waals surface area contributed by atoms with Crippen molar-refractivity contribution in [3.05, 3.63) is 24.3 Å². The molecule has 0 aromatic rings. The third-order valence-electron chi connectivity index (χ3n) is 1.98. The molecule has 0 atom stereocenters. The lowest BCUT2D eigenvalue weighted by Crippen LogP contribution is -2.34. The van der Waals surface area contributed by atoms with Crippen LogP contribution in [-0.2, 0) is 23.8 Å². The Morgan fingerprint density at radius 1 is 1.00 bits per heavy atom. The van der Waals surface area contributed by atoms with Crippen LogP contribution in [-0.4, -0.2) is 44.4 Å². The molecule has 1 N–H and O–H groups in total. The van der Waals surface area contributed by atoms with Gasteiger partial charge in [-0.05, 0) is 13.8 Å². The number of hydrogen-bond donors (Lipinski definition) is 1. The van der Waals surface area contributed by atoms with Crippen LogP contribution in [0.25, 0.3) is 0 Å². The molecule has 7 heteroatoms. The molecular weight excluding hydrogens is 266 g/mol. The van der Waals surface area contributed by atoms with Gasteiger partial charge in [-0.2, -0.15) is 0 Å². The molecule has 7 nitrogen and oxygen atoms in total. The maximum Gasteiger partial charge on any atom is 0.407 e. The highest BCUT2D eigenvalue weighted by Gasteiger charge is 2.19. The van der Waals surface area contributed by atoms with Crippen LogP contribution in [0, 0.1) is 0 Å². The van der Waals surface area contributed by atoms with E-state index in [-0.39, 0.29) is 24.4 Å². The van der Waals surface area contributed by atoms with E-state index < -0.39 is 24.1 Å². The second-order valence-electron chi connectivity index (χ2n) is 4.03. The SMILES string of the molecule is C=C(C)C(=O)OCC(COC(=O)C(=C)C)OC(=O)NC. The Hall–Kier alpha value is -2.31. The lowest BCUT2D eigenvalue weighted by atomic mass is 10.3. The van der Waals surface area contributed by atoms with E-state index in [1.165, 1.54) is 20.9 Å². The molecule has 0 aromatic heterocycles. The second-order valence-corrected chi connectivity index (χ2v) is 4.03. The topological polar surface area (TPSA) is 90.9 Å². The molecule has 20 heavy (non-hydrogen) atoms. The van der Waals surface area contributed by atoms with Gasteiger partial charge in [-0.15, -0.1) is 0 Å². The molecule has 0 aliphatic heterocycles. The Labute approximate surface area is 117 Å². The predicted octanol–water partition coefficient (Wildman–Crippen LogP) is 0.950. The van der Waals surface area contributed by atoms with Crippen molar-refractivity contribution < 1.29 is 28.6 Å². The van der Waals surface area contributed by atoms with Crippen LogP contribution in [0.3, 0.4) is 0 Å². The summed E-state index contributed by atoms with van der Waals surface area (Å²) < 4.78 is 14.6. The van der Waals surface area contributed by atoms with Crippen LogP contribution >= 0.6 is 0 Å². The van der Waals surface area contributed by atoms with E-state index in [0.29, 0.717) is 0 Å².